The van der Waals surface area contributed by atoms with Crippen LogP contribution in [0.15, 0.2) is 42.6 Å². The van der Waals surface area contributed by atoms with Gasteiger partial charge in [-0.1, -0.05) is 24.3 Å². The highest BCUT2D eigenvalue weighted by Gasteiger charge is 2.10. The summed E-state index contributed by atoms with van der Waals surface area (Å²) in [5.74, 6) is 0.840. The van der Waals surface area contributed by atoms with Crippen molar-refractivity contribution in [2.45, 2.75) is 20.0 Å². The molecule has 0 N–H and O–H groups in total. The molecule has 0 fully saturated rings. The minimum atomic E-state index is 0.704. The highest BCUT2D eigenvalue weighted by Crippen LogP contribution is 2.15. The number of aromatic nitrogens is 1. The van der Waals surface area contributed by atoms with E-state index in [4.69, 9.17) is 9.47 Å². The van der Waals surface area contributed by atoms with E-state index in [1.807, 2.05) is 12.1 Å². The number of hydrogen-bond donors (Lipinski definition) is 0. The Morgan fingerprint density at radius 3 is 2.64 bits per heavy atom. The van der Waals surface area contributed by atoms with Gasteiger partial charge in [0.2, 0.25) is 0 Å². The maximum atomic E-state index is 5.27. The Balaban J connectivity index is 2.10. The molecule has 0 aliphatic rings. The molecule has 0 unspecified atom stereocenters. The van der Waals surface area contributed by atoms with Crippen LogP contribution in [0.4, 0.5) is 0 Å². The van der Waals surface area contributed by atoms with Gasteiger partial charge >= 0.3 is 0 Å². The van der Waals surface area contributed by atoms with Gasteiger partial charge in [-0.05, 0) is 24.1 Å². The van der Waals surface area contributed by atoms with Gasteiger partial charge in [-0.15, -0.1) is 0 Å². The topological polar surface area (TPSA) is 34.6 Å². The first-order valence-corrected chi connectivity index (χ1v) is 7.47. The molecule has 2 rings (SSSR count). The summed E-state index contributed by atoms with van der Waals surface area (Å²) in [6.45, 7) is 5.37. The van der Waals surface area contributed by atoms with Crippen molar-refractivity contribution in [3.63, 3.8) is 0 Å². The summed E-state index contributed by atoms with van der Waals surface area (Å²) in [5, 5.41) is 0. The SMILES string of the molecule is COCCN(Cc1cc(OC)ccn1)Cc1ccccc1C. The van der Waals surface area contributed by atoms with Gasteiger partial charge in [0.1, 0.15) is 5.75 Å². The molecular formula is C18H24N2O2. The van der Waals surface area contributed by atoms with Gasteiger partial charge in [0.05, 0.1) is 19.4 Å². The Bertz CT molecular complexity index is 587. The van der Waals surface area contributed by atoms with E-state index in [0.717, 1.165) is 31.1 Å². The quantitative estimate of drug-likeness (QED) is 0.750. The van der Waals surface area contributed by atoms with Crippen molar-refractivity contribution in [2.24, 2.45) is 0 Å². The zero-order valence-corrected chi connectivity index (χ0v) is 13.6. The number of methoxy groups -OCH3 is 2. The zero-order chi connectivity index (χ0) is 15.8. The lowest BCUT2D eigenvalue weighted by Gasteiger charge is -2.22. The Hall–Kier alpha value is -1.91. The van der Waals surface area contributed by atoms with E-state index in [2.05, 4.69) is 41.1 Å². The van der Waals surface area contributed by atoms with E-state index in [1.165, 1.54) is 11.1 Å². The van der Waals surface area contributed by atoms with Crippen molar-refractivity contribution >= 4 is 0 Å². The van der Waals surface area contributed by atoms with Crippen LogP contribution in [0.5, 0.6) is 5.75 Å². The minimum Gasteiger partial charge on any atom is -0.497 e. The third-order valence-electron chi connectivity index (χ3n) is 3.68. The molecule has 0 saturated carbocycles. The molecule has 0 amide bonds. The Labute approximate surface area is 132 Å². The number of nitrogens with zero attached hydrogens (tertiary/aromatic N) is 2. The summed E-state index contributed by atoms with van der Waals surface area (Å²) in [5.41, 5.74) is 3.65. The molecule has 0 atom stereocenters. The monoisotopic (exact) mass is 300 g/mol. The first kappa shape index (κ1) is 16.5. The number of rotatable bonds is 8. The van der Waals surface area contributed by atoms with Crippen molar-refractivity contribution in [1.29, 1.82) is 0 Å². The molecular weight excluding hydrogens is 276 g/mol. The summed E-state index contributed by atoms with van der Waals surface area (Å²) in [7, 11) is 3.41. The number of hydrogen-bond acceptors (Lipinski definition) is 4. The van der Waals surface area contributed by atoms with Crippen LogP contribution in [-0.2, 0) is 17.8 Å². The highest BCUT2D eigenvalue weighted by molar-refractivity contribution is 5.26. The fraction of sp³-hybridized carbons (Fsp3) is 0.389. The van der Waals surface area contributed by atoms with Gasteiger partial charge in [-0.3, -0.25) is 9.88 Å². The van der Waals surface area contributed by atoms with E-state index in [-0.39, 0.29) is 0 Å². The van der Waals surface area contributed by atoms with Crippen LogP contribution in [0.25, 0.3) is 0 Å². The summed E-state index contributed by atoms with van der Waals surface area (Å²) in [6, 6.07) is 12.3. The van der Waals surface area contributed by atoms with Crippen LogP contribution < -0.4 is 4.74 Å². The number of ether oxygens (including phenoxy) is 2. The van der Waals surface area contributed by atoms with Gasteiger partial charge in [0.25, 0.3) is 0 Å². The molecule has 0 aliphatic carbocycles. The molecule has 22 heavy (non-hydrogen) atoms. The molecule has 1 aromatic carbocycles. The first-order chi connectivity index (χ1) is 10.7. The van der Waals surface area contributed by atoms with Gasteiger partial charge in [-0.25, -0.2) is 0 Å². The summed E-state index contributed by atoms with van der Waals surface area (Å²) < 4.78 is 10.5. The largest absolute Gasteiger partial charge is 0.497 e. The second-order valence-corrected chi connectivity index (χ2v) is 5.32. The third kappa shape index (κ3) is 4.83. The number of aryl methyl sites for hydroxylation is 1. The standard InChI is InChI=1S/C18H24N2O2/c1-15-6-4-5-7-16(15)13-20(10-11-21-2)14-17-12-18(22-3)8-9-19-17/h4-9,12H,10-11,13-14H2,1-3H3. The van der Waals surface area contributed by atoms with Crippen LogP contribution in [-0.4, -0.2) is 37.3 Å². The van der Waals surface area contributed by atoms with Gasteiger partial charge in [-0.2, -0.15) is 0 Å². The molecule has 0 spiro atoms. The third-order valence-corrected chi connectivity index (χ3v) is 3.68. The summed E-state index contributed by atoms with van der Waals surface area (Å²) >= 11 is 0. The molecule has 0 radical (unpaired) electrons. The second kappa shape index (κ2) is 8.51. The smallest absolute Gasteiger partial charge is 0.122 e. The summed E-state index contributed by atoms with van der Waals surface area (Å²) in [4.78, 5) is 6.78. The zero-order valence-electron chi connectivity index (χ0n) is 13.6. The van der Waals surface area contributed by atoms with Crippen LogP contribution in [0.3, 0.4) is 0 Å². The first-order valence-electron chi connectivity index (χ1n) is 7.47. The lowest BCUT2D eigenvalue weighted by Crippen LogP contribution is -2.27. The molecule has 0 saturated heterocycles. The maximum Gasteiger partial charge on any atom is 0.122 e. The van der Waals surface area contributed by atoms with Gasteiger partial charge in [0.15, 0.2) is 0 Å². The van der Waals surface area contributed by atoms with Crippen LogP contribution >= 0.6 is 0 Å². The lowest BCUT2D eigenvalue weighted by molar-refractivity contribution is 0.139. The maximum absolute atomic E-state index is 5.27. The molecule has 4 nitrogen and oxygen atoms in total. The average Bonchev–Trinajstić information content (AvgIpc) is 2.55. The van der Waals surface area contributed by atoms with Crippen molar-refractivity contribution in [2.75, 3.05) is 27.4 Å². The van der Waals surface area contributed by atoms with Crippen LogP contribution in [0, 0.1) is 6.92 Å². The van der Waals surface area contributed by atoms with E-state index >= 15 is 0 Å². The lowest BCUT2D eigenvalue weighted by atomic mass is 10.1. The van der Waals surface area contributed by atoms with E-state index in [1.54, 1.807) is 20.4 Å². The normalized spacial score (nSPS) is 10.9. The molecule has 1 aromatic heterocycles. The Morgan fingerprint density at radius 1 is 1.09 bits per heavy atom. The van der Waals surface area contributed by atoms with Gasteiger partial charge in [0, 0.05) is 39.0 Å². The second-order valence-electron chi connectivity index (χ2n) is 5.32. The molecule has 118 valence electrons. The molecule has 2 aromatic rings. The van der Waals surface area contributed by atoms with E-state index < -0.39 is 0 Å². The molecule has 1 heterocycles. The number of pyridine rings is 1. The fourth-order valence-corrected chi connectivity index (χ4v) is 2.36. The van der Waals surface area contributed by atoms with Crippen LogP contribution in [0.1, 0.15) is 16.8 Å². The van der Waals surface area contributed by atoms with Crippen molar-refractivity contribution in [3.05, 3.63) is 59.4 Å². The summed E-state index contributed by atoms with van der Waals surface area (Å²) in [6.07, 6.45) is 1.79. The fourth-order valence-electron chi connectivity index (χ4n) is 2.36. The Morgan fingerprint density at radius 2 is 1.91 bits per heavy atom. The van der Waals surface area contributed by atoms with Crippen molar-refractivity contribution in [3.8, 4) is 5.75 Å². The van der Waals surface area contributed by atoms with Crippen LogP contribution in [0.2, 0.25) is 0 Å². The van der Waals surface area contributed by atoms with Gasteiger partial charge < -0.3 is 9.47 Å². The average molecular weight is 300 g/mol. The highest BCUT2D eigenvalue weighted by atomic mass is 16.5. The predicted octanol–water partition coefficient (Wildman–Crippen LogP) is 3.05. The Kier molecular flexibility index (Phi) is 6.37. The molecule has 4 heteroatoms. The van der Waals surface area contributed by atoms with E-state index in [0.29, 0.717) is 6.61 Å². The number of benzene rings is 1. The van der Waals surface area contributed by atoms with Crippen molar-refractivity contribution < 1.29 is 9.47 Å². The molecule has 0 aliphatic heterocycles. The minimum absolute atomic E-state index is 0.704. The van der Waals surface area contributed by atoms with Crippen molar-refractivity contribution in [1.82, 2.24) is 9.88 Å². The predicted molar refractivity (Wildman–Crippen MR) is 88.0 cm³/mol. The molecule has 0 bridgehead atoms. The van der Waals surface area contributed by atoms with E-state index in [9.17, 15) is 0 Å².